The van der Waals surface area contributed by atoms with Crippen LogP contribution in [0.2, 0.25) is 0 Å². The lowest BCUT2D eigenvalue weighted by molar-refractivity contribution is -0.129. The van der Waals surface area contributed by atoms with E-state index in [0.29, 0.717) is 17.7 Å². The van der Waals surface area contributed by atoms with Crippen LogP contribution in [0.25, 0.3) is 11.0 Å². The highest BCUT2D eigenvalue weighted by atomic mass is 16.4. The SMILES string of the molecule is CN(CC(=O)N(C)C)Cc1c(C(=O)O)oc2ccccc12. The van der Waals surface area contributed by atoms with Crippen molar-refractivity contribution < 1.29 is 19.1 Å². The average molecular weight is 290 g/mol. The van der Waals surface area contributed by atoms with E-state index in [2.05, 4.69) is 0 Å². The molecule has 0 aliphatic carbocycles. The van der Waals surface area contributed by atoms with Gasteiger partial charge in [-0.3, -0.25) is 9.69 Å². The van der Waals surface area contributed by atoms with E-state index < -0.39 is 5.97 Å². The lowest BCUT2D eigenvalue weighted by atomic mass is 10.1. The summed E-state index contributed by atoms with van der Waals surface area (Å²) in [7, 11) is 5.15. The molecule has 1 aromatic heterocycles. The lowest BCUT2D eigenvalue weighted by Crippen LogP contribution is -2.34. The molecule has 2 rings (SSSR count). The molecule has 0 bridgehead atoms. The summed E-state index contributed by atoms with van der Waals surface area (Å²) < 4.78 is 5.39. The number of benzene rings is 1. The number of rotatable bonds is 5. The van der Waals surface area contributed by atoms with Crippen LogP contribution < -0.4 is 0 Å². The van der Waals surface area contributed by atoms with E-state index in [1.54, 1.807) is 38.2 Å². The summed E-state index contributed by atoms with van der Waals surface area (Å²) in [6.45, 7) is 0.545. The second-order valence-electron chi connectivity index (χ2n) is 5.17. The minimum Gasteiger partial charge on any atom is -0.475 e. The maximum absolute atomic E-state index is 11.7. The van der Waals surface area contributed by atoms with Gasteiger partial charge in [0, 0.05) is 31.6 Å². The molecule has 0 atom stereocenters. The largest absolute Gasteiger partial charge is 0.475 e. The number of nitrogens with zero attached hydrogens (tertiary/aromatic N) is 2. The van der Waals surface area contributed by atoms with E-state index in [-0.39, 0.29) is 18.2 Å². The van der Waals surface area contributed by atoms with Crippen LogP contribution in [0.5, 0.6) is 0 Å². The van der Waals surface area contributed by atoms with E-state index >= 15 is 0 Å². The molecule has 1 heterocycles. The van der Waals surface area contributed by atoms with Crippen molar-refractivity contribution >= 4 is 22.8 Å². The first-order chi connectivity index (χ1) is 9.90. The van der Waals surface area contributed by atoms with E-state index in [1.165, 1.54) is 4.90 Å². The highest BCUT2D eigenvalue weighted by Gasteiger charge is 2.21. The number of fused-ring (bicyclic) bond motifs is 1. The molecule has 0 aliphatic heterocycles. The van der Waals surface area contributed by atoms with E-state index in [1.807, 2.05) is 12.1 Å². The van der Waals surface area contributed by atoms with Crippen LogP contribution in [0.1, 0.15) is 16.1 Å². The van der Waals surface area contributed by atoms with Gasteiger partial charge in [-0.15, -0.1) is 0 Å². The molecule has 6 heteroatoms. The summed E-state index contributed by atoms with van der Waals surface area (Å²) in [5, 5.41) is 10.0. The molecule has 112 valence electrons. The van der Waals surface area contributed by atoms with Crippen molar-refractivity contribution in [1.82, 2.24) is 9.80 Å². The predicted octanol–water partition coefficient (Wildman–Crippen LogP) is 1.65. The fraction of sp³-hybridized carbons (Fsp3) is 0.333. The summed E-state index contributed by atoms with van der Waals surface area (Å²) in [6.07, 6.45) is 0. The third-order valence-electron chi connectivity index (χ3n) is 3.22. The normalized spacial score (nSPS) is 11.0. The van der Waals surface area contributed by atoms with Crippen LogP contribution in [0.3, 0.4) is 0 Å². The number of carboxylic acid groups (broad SMARTS) is 1. The first kappa shape index (κ1) is 15.1. The van der Waals surface area contributed by atoms with Gasteiger partial charge in [0.25, 0.3) is 0 Å². The first-order valence-electron chi connectivity index (χ1n) is 6.52. The van der Waals surface area contributed by atoms with Crippen molar-refractivity contribution in [3.8, 4) is 0 Å². The van der Waals surface area contributed by atoms with Crippen LogP contribution in [-0.4, -0.2) is 54.5 Å². The van der Waals surface area contributed by atoms with Crippen molar-refractivity contribution in [3.05, 3.63) is 35.6 Å². The number of likely N-dealkylation sites (N-methyl/N-ethyl adjacent to an activating group) is 2. The Hall–Kier alpha value is -2.34. The summed E-state index contributed by atoms with van der Waals surface area (Å²) in [5.41, 5.74) is 1.13. The summed E-state index contributed by atoms with van der Waals surface area (Å²) in [6, 6.07) is 7.18. The Kier molecular flexibility index (Phi) is 4.28. The standard InChI is InChI=1S/C15H18N2O4/c1-16(2)13(18)9-17(3)8-11-10-6-4-5-7-12(10)21-14(11)15(19)20/h4-7H,8-9H2,1-3H3,(H,19,20). The second kappa shape index (κ2) is 5.97. The quantitative estimate of drug-likeness (QED) is 0.906. The van der Waals surface area contributed by atoms with E-state index in [9.17, 15) is 14.7 Å². The van der Waals surface area contributed by atoms with Crippen LogP contribution in [0, 0.1) is 0 Å². The first-order valence-corrected chi connectivity index (χ1v) is 6.52. The third kappa shape index (κ3) is 3.22. The number of carbonyl (C=O) groups is 2. The molecule has 0 saturated carbocycles. The maximum Gasteiger partial charge on any atom is 0.372 e. The number of hydrogen-bond donors (Lipinski definition) is 1. The summed E-state index contributed by atoms with van der Waals surface area (Å²) in [4.78, 5) is 26.3. The fourth-order valence-corrected chi connectivity index (χ4v) is 2.13. The Bertz CT molecular complexity index is 675. The zero-order valence-corrected chi connectivity index (χ0v) is 12.3. The van der Waals surface area contributed by atoms with Crippen molar-refractivity contribution in [2.45, 2.75) is 6.54 Å². The number of furan rings is 1. The van der Waals surface area contributed by atoms with Crippen molar-refractivity contribution in [2.75, 3.05) is 27.7 Å². The zero-order chi connectivity index (χ0) is 15.6. The number of amides is 1. The Morgan fingerprint density at radius 2 is 1.86 bits per heavy atom. The molecular formula is C15H18N2O4. The molecule has 0 aliphatic rings. The van der Waals surface area contributed by atoms with Gasteiger partial charge in [0.1, 0.15) is 5.58 Å². The summed E-state index contributed by atoms with van der Waals surface area (Å²) >= 11 is 0. The molecule has 1 aromatic carbocycles. The van der Waals surface area contributed by atoms with Crippen LogP contribution >= 0.6 is 0 Å². The maximum atomic E-state index is 11.7. The van der Waals surface area contributed by atoms with Gasteiger partial charge in [-0.2, -0.15) is 0 Å². The van der Waals surface area contributed by atoms with Gasteiger partial charge in [-0.05, 0) is 13.1 Å². The average Bonchev–Trinajstić information content (AvgIpc) is 2.78. The molecule has 0 saturated heterocycles. The molecule has 2 aromatic rings. The van der Waals surface area contributed by atoms with Gasteiger partial charge < -0.3 is 14.4 Å². The van der Waals surface area contributed by atoms with Gasteiger partial charge in [-0.25, -0.2) is 4.79 Å². The molecule has 0 radical (unpaired) electrons. The number of aromatic carboxylic acids is 1. The second-order valence-corrected chi connectivity index (χ2v) is 5.17. The monoisotopic (exact) mass is 290 g/mol. The number of para-hydroxylation sites is 1. The van der Waals surface area contributed by atoms with Crippen LogP contribution in [-0.2, 0) is 11.3 Å². The molecule has 21 heavy (non-hydrogen) atoms. The fourth-order valence-electron chi connectivity index (χ4n) is 2.13. The van der Waals surface area contributed by atoms with Crippen LogP contribution in [0.15, 0.2) is 28.7 Å². The zero-order valence-electron chi connectivity index (χ0n) is 12.3. The minimum atomic E-state index is -1.10. The Morgan fingerprint density at radius 3 is 2.48 bits per heavy atom. The van der Waals surface area contributed by atoms with Gasteiger partial charge in [0.15, 0.2) is 0 Å². The number of carboxylic acids is 1. The van der Waals surface area contributed by atoms with Gasteiger partial charge in [0.05, 0.1) is 6.54 Å². The molecule has 0 unspecified atom stereocenters. The third-order valence-corrected chi connectivity index (χ3v) is 3.22. The Balaban J connectivity index is 2.30. The molecule has 0 spiro atoms. The molecule has 6 nitrogen and oxygen atoms in total. The number of hydrogen-bond acceptors (Lipinski definition) is 4. The highest BCUT2D eigenvalue weighted by molar-refractivity contribution is 5.95. The molecular weight excluding hydrogens is 272 g/mol. The molecule has 1 N–H and O–H groups in total. The topological polar surface area (TPSA) is 74.0 Å². The Morgan fingerprint density at radius 1 is 1.19 bits per heavy atom. The van der Waals surface area contributed by atoms with E-state index in [4.69, 9.17) is 4.42 Å². The van der Waals surface area contributed by atoms with E-state index in [0.717, 1.165) is 5.39 Å². The lowest BCUT2D eigenvalue weighted by Gasteiger charge is -2.18. The highest BCUT2D eigenvalue weighted by Crippen LogP contribution is 2.26. The molecule has 1 amide bonds. The van der Waals surface area contributed by atoms with Crippen molar-refractivity contribution in [2.24, 2.45) is 0 Å². The molecule has 0 fully saturated rings. The van der Waals surface area contributed by atoms with Crippen LogP contribution in [0.4, 0.5) is 0 Å². The van der Waals surface area contributed by atoms with Gasteiger partial charge in [0.2, 0.25) is 11.7 Å². The number of carbonyl (C=O) groups excluding carboxylic acids is 1. The minimum absolute atomic E-state index is 0.0397. The van der Waals surface area contributed by atoms with Crippen molar-refractivity contribution in [1.29, 1.82) is 0 Å². The Labute approximate surface area is 122 Å². The summed E-state index contributed by atoms with van der Waals surface area (Å²) in [5.74, 6) is -1.21. The predicted molar refractivity (Wildman–Crippen MR) is 78.2 cm³/mol. The van der Waals surface area contributed by atoms with Gasteiger partial charge >= 0.3 is 5.97 Å². The smallest absolute Gasteiger partial charge is 0.372 e. The van der Waals surface area contributed by atoms with Gasteiger partial charge in [-0.1, -0.05) is 18.2 Å². The van der Waals surface area contributed by atoms with Crippen molar-refractivity contribution in [3.63, 3.8) is 0 Å².